The summed E-state index contributed by atoms with van der Waals surface area (Å²) in [7, 11) is 1.93. The van der Waals surface area contributed by atoms with Crippen molar-refractivity contribution in [3.63, 3.8) is 0 Å². The first-order valence-electron chi connectivity index (χ1n) is 7.98. The van der Waals surface area contributed by atoms with Gasteiger partial charge in [0.1, 0.15) is 0 Å². The lowest BCUT2D eigenvalue weighted by molar-refractivity contribution is 0.340. The maximum absolute atomic E-state index is 6.37. The lowest BCUT2D eigenvalue weighted by atomic mass is 9.88. The number of aromatic nitrogens is 2. The number of hydrogen-bond acceptors (Lipinski definition) is 2. The Hall–Kier alpha value is -1.48. The number of hydrogen-bond donors (Lipinski definition) is 0. The van der Waals surface area contributed by atoms with Crippen molar-refractivity contribution in [2.75, 3.05) is 18.0 Å². The minimum atomic E-state index is 0.719. The third-order valence-corrected chi connectivity index (χ3v) is 5.03. The average molecular weight is 318 g/mol. The van der Waals surface area contributed by atoms with Crippen molar-refractivity contribution in [1.29, 1.82) is 0 Å². The number of halogens is 1. The maximum Gasteiger partial charge on any atom is 0.0568 e. The van der Waals surface area contributed by atoms with Gasteiger partial charge in [-0.2, -0.15) is 5.10 Å². The van der Waals surface area contributed by atoms with Crippen molar-refractivity contribution in [2.24, 2.45) is 24.8 Å². The summed E-state index contributed by atoms with van der Waals surface area (Å²) in [5.74, 6) is 2.19. The van der Waals surface area contributed by atoms with Crippen LogP contribution in [-0.4, -0.2) is 22.9 Å². The summed E-state index contributed by atoms with van der Waals surface area (Å²) in [6, 6.07) is 6.33. The van der Waals surface area contributed by atoms with E-state index in [1.165, 1.54) is 5.69 Å². The van der Waals surface area contributed by atoms with Crippen LogP contribution in [0.25, 0.3) is 11.1 Å². The van der Waals surface area contributed by atoms with Gasteiger partial charge in [0.05, 0.1) is 6.20 Å². The zero-order valence-electron chi connectivity index (χ0n) is 13.8. The van der Waals surface area contributed by atoms with Crippen molar-refractivity contribution in [1.82, 2.24) is 9.78 Å². The van der Waals surface area contributed by atoms with Crippen LogP contribution in [0.1, 0.15) is 20.8 Å². The van der Waals surface area contributed by atoms with E-state index in [2.05, 4.69) is 42.9 Å². The molecule has 3 nitrogen and oxygen atoms in total. The first kappa shape index (κ1) is 15.4. The second-order valence-corrected chi connectivity index (χ2v) is 7.33. The Bertz CT molecular complexity index is 662. The molecule has 3 rings (SSSR count). The Balaban J connectivity index is 1.90. The number of nitrogens with zero attached hydrogens (tertiary/aromatic N) is 3. The number of aryl methyl sites for hydroxylation is 1. The van der Waals surface area contributed by atoms with Crippen LogP contribution in [-0.2, 0) is 7.05 Å². The monoisotopic (exact) mass is 317 g/mol. The highest BCUT2D eigenvalue weighted by Gasteiger charge is 2.31. The van der Waals surface area contributed by atoms with Gasteiger partial charge in [-0.15, -0.1) is 0 Å². The molecule has 1 fully saturated rings. The SMILES string of the molecule is CC(C)C1CN(c2cc(Cl)cc(-c3cnn(C)c3)c2)CC1C. The van der Waals surface area contributed by atoms with Gasteiger partial charge < -0.3 is 4.90 Å². The minimum Gasteiger partial charge on any atom is -0.371 e. The topological polar surface area (TPSA) is 21.1 Å². The number of rotatable bonds is 3. The normalized spacial score (nSPS) is 21.8. The zero-order valence-corrected chi connectivity index (χ0v) is 14.5. The molecule has 118 valence electrons. The lowest BCUT2D eigenvalue weighted by Gasteiger charge is -2.21. The van der Waals surface area contributed by atoms with E-state index < -0.39 is 0 Å². The quantitative estimate of drug-likeness (QED) is 0.833. The van der Waals surface area contributed by atoms with Gasteiger partial charge in [0.15, 0.2) is 0 Å². The van der Waals surface area contributed by atoms with Crippen molar-refractivity contribution in [3.05, 3.63) is 35.6 Å². The fourth-order valence-corrected chi connectivity index (χ4v) is 3.79. The van der Waals surface area contributed by atoms with Crippen LogP contribution < -0.4 is 4.90 Å². The predicted octanol–water partition coefficient (Wildman–Crippen LogP) is 4.47. The van der Waals surface area contributed by atoms with Crippen LogP contribution in [0.3, 0.4) is 0 Å². The Morgan fingerprint density at radius 1 is 1.18 bits per heavy atom. The van der Waals surface area contributed by atoms with E-state index in [9.17, 15) is 0 Å². The van der Waals surface area contributed by atoms with Crippen LogP contribution in [0.15, 0.2) is 30.6 Å². The maximum atomic E-state index is 6.37. The molecule has 0 bridgehead atoms. The Morgan fingerprint density at radius 2 is 1.95 bits per heavy atom. The van der Waals surface area contributed by atoms with E-state index in [1.54, 1.807) is 0 Å². The summed E-state index contributed by atoms with van der Waals surface area (Å²) in [6.07, 6.45) is 3.91. The van der Waals surface area contributed by atoms with E-state index >= 15 is 0 Å². The van der Waals surface area contributed by atoms with Crippen molar-refractivity contribution in [2.45, 2.75) is 20.8 Å². The first-order chi connectivity index (χ1) is 10.4. The molecule has 1 aliphatic heterocycles. The van der Waals surface area contributed by atoms with E-state index in [0.717, 1.165) is 47.0 Å². The molecule has 0 radical (unpaired) electrons. The molecule has 1 aromatic heterocycles. The van der Waals surface area contributed by atoms with Gasteiger partial charge in [0, 0.05) is 42.6 Å². The van der Waals surface area contributed by atoms with Gasteiger partial charge in [-0.1, -0.05) is 32.4 Å². The van der Waals surface area contributed by atoms with E-state index in [1.807, 2.05) is 30.2 Å². The smallest absolute Gasteiger partial charge is 0.0568 e. The van der Waals surface area contributed by atoms with Crippen LogP contribution in [0.5, 0.6) is 0 Å². The van der Waals surface area contributed by atoms with Crippen molar-refractivity contribution in [3.8, 4) is 11.1 Å². The van der Waals surface area contributed by atoms with Gasteiger partial charge in [0.2, 0.25) is 0 Å². The van der Waals surface area contributed by atoms with Gasteiger partial charge in [0.25, 0.3) is 0 Å². The van der Waals surface area contributed by atoms with Crippen LogP contribution in [0.4, 0.5) is 5.69 Å². The molecular weight excluding hydrogens is 294 g/mol. The molecule has 22 heavy (non-hydrogen) atoms. The molecule has 0 aliphatic carbocycles. The molecular formula is C18H24ClN3. The molecule has 1 aromatic carbocycles. The molecule has 0 amide bonds. The van der Waals surface area contributed by atoms with Crippen LogP contribution >= 0.6 is 11.6 Å². The summed E-state index contributed by atoms with van der Waals surface area (Å²) in [4.78, 5) is 2.47. The van der Waals surface area contributed by atoms with Gasteiger partial charge in [-0.3, -0.25) is 4.68 Å². The molecule has 2 atom stereocenters. The third-order valence-electron chi connectivity index (χ3n) is 4.81. The van der Waals surface area contributed by atoms with Crippen molar-refractivity contribution >= 4 is 17.3 Å². The fourth-order valence-electron chi connectivity index (χ4n) is 3.56. The summed E-state index contributed by atoms with van der Waals surface area (Å²) in [5.41, 5.74) is 3.47. The Kier molecular flexibility index (Phi) is 4.18. The molecule has 0 N–H and O–H groups in total. The minimum absolute atomic E-state index is 0.719. The lowest BCUT2D eigenvalue weighted by Crippen LogP contribution is -2.21. The van der Waals surface area contributed by atoms with Crippen LogP contribution in [0.2, 0.25) is 5.02 Å². The second kappa shape index (κ2) is 5.96. The van der Waals surface area contributed by atoms with Gasteiger partial charge in [-0.05, 0) is 41.5 Å². The molecule has 2 unspecified atom stereocenters. The van der Waals surface area contributed by atoms with Crippen molar-refractivity contribution < 1.29 is 0 Å². The Labute approximate surface area is 137 Å². The van der Waals surface area contributed by atoms with Crippen LogP contribution in [0, 0.1) is 17.8 Å². The highest BCUT2D eigenvalue weighted by Crippen LogP contribution is 2.35. The van der Waals surface area contributed by atoms with Gasteiger partial charge >= 0.3 is 0 Å². The average Bonchev–Trinajstić information content (AvgIpc) is 3.04. The predicted molar refractivity (Wildman–Crippen MR) is 93.4 cm³/mol. The van der Waals surface area contributed by atoms with E-state index in [4.69, 9.17) is 11.6 Å². The molecule has 2 aromatic rings. The Morgan fingerprint density at radius 3 is 2.55 bits per heavy atom. The van der Waals surface area contributed by atoms with Gasteiger partial charge in [-0.25, -0.2) is 0 Å². The molecule has 0 spiro atoms. The molecule has 1 saturated heterocycles. The standard InChI is InChI=1S/C18H24ClN3/c1-12(2)18-11-22(9-13(18)3)17-6-14(5-16(19)7-17)15-8-20-21(4)10-15/h5-8,10,12-13,18H,9,11H2,1-4H3. The third kappa shape index (κ3) is 3.00. The largest absolute Gasteiger partial charge is 0.371 e. The first-order valence-corrected chi connectivity index (χ1v) is 8.36. The number of anilines is 1. The van der Waals surface area contributed by atoms with E-state index in [-0.39, 0.29) is 0 Å². The molecule has 0 saturated carbocycles. The zero-order chi connectivity index (χ0) is 15.9. The highest BCUT2D eigenvalue weighted by molar-refractivity contribution is 6.31. The summed E-state index contributed by atoms with van der Waals surface area (Å²) in [5, 5.41) is 5.05. The second-order valence-electron chi connectivity index (χ2n) is 6.89. The molecule has 1 aliphatic rings. The molecule has 4 heteroatoms. The molecule has 2 heterocycles. The summed E-state index contributed by atoms with van der Waals surface area (Å²) < 4.78 is 1.82. The summed E-state index contributed by atoms with van der Waals surface area (Å²) >= 11 is 6.37. The summed E-state index contributed by atoms with van der Waals surface area (Å²) in [6.45, 7) is 9.23. The van der Waals surface area contributed by atoms with E-state index in [0.29, 0.717) is 0 Å². The fraction of sp³-hybridized carbons (Fsp3) is 0.500. The number of benzene rings is 1. The highest BCUT2D eigenvalue weighted by atomic mass is 35.5.